The summed E-state index contributed by atoms with van der Waals surface area (Å²) in [5.41, 5.74) is 12.9. The summed E-state index contributed by atoms with van der Waals surface area (Å²) in [5, 5.41) is 36.1. The van der Waals surface area contributed by atoms with Crippen molar-refractivity contribution in [1.82, 2.24) is 13.7 Å². The van der Waals surface area contributed by atoms with Crippen LogP contribution in [0.15, 0.2) is 170 Å². The van der Waals surface area contributed by atoms with E-state index in [2.05, 4.69) is 153 Å². The highest BCUT2D eigenvalue weighted by Crippen LogP contribution is 2.38. The van der Waals surface area contributed by atoms with Crippen LogP contribution in [0.2, 0.25) is 0 Å². The SMILES string of the molecule is N#Cc1cc(-c2ccc(-n3c4ccccc4c4cc(-n5c6ccccc6c6ccccc65)ccc43)cc2)cc(-n2c3ccc(C#N)cc3c3cc(C#N)ccc32)c1. The third kappa shape index (κ3) is 4.81. The lowest BCUT2D eigenvalue weighted by Gasteiger charge is -2.13. The predicted octanol–water partition coefficient (Wildman–Crippen LogP) is 12.3. The number of aromatic nitrogens is 3. The first kappa shape index (κ1) is 32.1. The first-order chi connectivity index (χ1) is 28.1. The average Bonchev–Trinajstić information content (AvgIpc) is 3.91. The van der Waals surface area contributed by atoms with E-state index in [9.17, 15) is 15.8 Å². The van der Waals surface area contributed by atoms with E-state index in [-0.39, 0.29) is 0 Å². The minimum Gasteiger partial charge on any atom is -0.309 e. The summed E-state index contributed by atoms with van der Waals surface area (Å²) < 4.78 is 6.79. The van der Waals surface area contributed by atoms with Crippen LogP contribution in [0.1, 0.15) is 16.7 Å². The maximum atomic E-state index is 10.2. The number of hydrogen-bond acceptors (Lipinski definition) is 3. The van der Waals surface area contributed by atoms with Crippen LogP contribution in [-0.4, -0.2) is 13.7 Å². The molecule has 0 fully saturated rings. The van der Waals surface area contributed by atoms with E-state index in [1.54, 1.807) is 12.1 Å². The van der Waals surface area contributed by atoms with Crippen molar-refractivity contribution in [3.63, 3.8) is 0 Å². The highest BCUT2D eigenvalue weighted by atomic mass is 15.0. The summed E-state index contributed by atoms with van der Waals surface area (Å²) in [7, 11) is 0. The fourth-order valence-electron chi connectivity index (χ4n) is 8.79. The molecular weight excluding hydrogens is 697 g/mol. The maximum absolute atomic E-state index is 10.2. The van der Waals surface area contributed by atoms with E-state index in [1.807, 2.05) is 36.4 Å². The van der Waals surface area contributed by atoms with E-state index in [0.29, 0.717) is 16.7 Å². The zero-order chi connectivity index (χ0) is 38.2. The van der Waals surface area contributed by atoms with Crippen molar-refractivity contribution in [2.75, 3.05) is 0 Å². The number of nitrogens with zero attached hydrogens (tertiary/aromatic N) is 6. The fourth-order valence-corrected chi connectivity index (χ4v) is 8.79. The van der Waals surface area contributed by atoms with Gasteiger partial charge in [-0.25, -0.2) is 0 Å². The number of rotatable bonds is 4. The molecule has 6 heteroatoms. The lowest BCUT2D eigenvalue weighted by molar-refractivity contribution is 1.16. The second-order valence-corrected chi connectivity index (χ2v) is 14.4. The van der Waals surface area contributed by atoms with Crippen LogP contribution in [0.25, 0.3) is 93.6 Å². The van der Waals surface area contributed by atoms with Gasteiger partial charge in [-0.2, -0.15) is 15.8 Å². The third-order valence-corrected chi connectivity index (χ3v) is 11.3. The average molecular weight is 725 g/mol. The Labute approximate surface area is 326 Å². The van der Waals surface area contributed by atoms with Gasteiger partial charge >= 0.3 is 0 Å². The topological polar surface area (TPSA) is 86.2 Å². The van der Waals surface area contributed by atoms with E-state index < -0.39 is 0 Å². The monoisotopic (exact) mass is 724 g/mol. The first-order valence-electron chi connectivity index (χ1n) is 18.7. The van der Waals surface area contributed by atoms with Crippen molar-refractivity contribution in [3.05, 3.63) is 187 Å². The van der Waals surface area contributed by atoms with Crippen LogP contribution in [0.4, 0.5) is 0 Å². The molecule has 0 N–H and O–H groups in total. The van der Waals surface area contributed by atoms with Crippen molar-refractivity contribution >= 4 is 65.4 Å². The van der Waals surface area contributed by atoms with Gasteiger partial charge in [-0.05, 0) is 114 Å². The minimum atomic E-state index is 0.533. The number of nitriles is 3. The van der Waals surface area contributed by atoms with Gasteiger partial charge in [0, 0.05) is 49.4 Å². The predicted molar refractivity (Wildman–Crippen MR) is 229 cm³/mol. The van der Waals surface area contributed by atoms with Crippen LogP contribution in [-0.2, 0) is 0 Å². The standard InChI is InChI=1S/C51H28N6/c52-29-32-13-20-49-43(25-32)44-26-33(30-53)14-21-50(44)57(49)39-24-34(31-54)23-36(27-39)35-15-17-37(18-16-35)55-48-12-6-3-9-42(48)45-28-38(19-22-51(45)55)56-46-10-4-1-7-40(46)41-8-2-5-11-47(41)56/h1-28H. The Hall–Kier alpha value is -8.37. The quantitative estimate of drug-likeness (QED) is 0.181. The molecule has 57 heavy (non-hydrogen) atoms. The number of para-hydroxylation sites is 3. The summed E-state index contributed by atoms with van der Waals surface area (Å²) in [6.45, 7) is 0. The molecule has 0 spiro atoms. The molecule has 3 heterocycles. The summed E-state index contributed by atoms with van der Waals surface area (Å²) in [5.74, 6) is 0. The number of fused-ring (bicyclic) bond motifs is 9. The molecule has 0 bridgehead atoms. The van der Waals surface area contributed by atoms with Crippen LogP contribution >= 0.6 is 0 Å². The lowest BCUT2D eigenvalue weighted by atomic mass is 10.0. The molecule has 11 aromatic rings. The van der Waals surface area contributed by atoms with Gasteiger partial charge in [-0.15, -0.1) is 0 Å². The van der Waals surface area contributed by atoms with Crippen molar-refractivity contribution in [3.8, 4) is 46.4 Å². The summed E-state index contributed by atoms with van der Waals surface area (Å²) >= 11 is 0. The van der Waals surface area contributed by atoms with Gasteiger partial charge in [0.1, 0.15) is 0 Å². The summed E-state index contributed by atoms with van der Waals surface area (Å²) in [4.78, 5) is 0. The first-order valence-corrected chi connectivity index (χ1v) is 18.7. The van der Waals surface area contributed by atoms with E-state index in [1.165, 1.54) is 32.6 Å². The molecule has 0 amide bonds. The fraction of sp³-hybridized carbons (Fsp3) is 0. The van der Waals surface area contributed by atoms with Crippen molar-refractivity contribution < 1.29 is 0 Å². The van der Waals surface area contributed by atoms with Gasteiger partial charge in [-0.3, -0.25) is 0 Å². The molecular formula is C51H28N6. The zero-order valence-corrected chi connectivity index (χ0v) is 30.3. The van der Waals surface area contributed by atoms with Gasteiger partial charge in [0.2, 0.25) is 0 Å². The smallest absolute Gasteiger partial charge is 0.0992 e. The molecule has 0 unspecified atom stereocenters. The van der Waals surface area contributed by atoms with Crippen LogP contribution in [0, 0.1) is 34.0 Å². The molecule has 3 aromatic heterocycles. The van der Waals surface area contributed by atoms with Crippen molar-refractivity contribution in [2.45, 2.75) is 0 Å². The molecule has 0 aliphatic heterocycles. The second kappa shape index (κ2) is 12.3. The largest absolute Gasteiger partial charge is 0.309 e. The second-order valence-electron chi connectivity index (χ2n) is 14.4. The number of hydrogen-bond donors (Lipinski definition) is 0. The van der Waals surface area contributed by atoms with Gasteiger partial charge in [0.05, 0.1) is 68.0 Å². The highest BCUT2D eigenvalue weighted by Gasteiger charge is 2.18. The van der Waals surface area contributed by atoms with Crippen molar-refractivity contribution in [1.29, 1.82) is 15.8 Å². The molecule has 0 aliphatic carbocycles. The number of benzene rings is 8. The molecule has 0 saturated heterocycles. The molecule has 0 saturated carbocycles. The maximum Gasteiger partial charge on any atom is 0.0992 e. The van der Waals surface area contributed by atoms with Gasteiger partial charge in [0.25, 0.3) is 0 Å². The highest BCUT2D eigenvalue weighted by molar-refractivity contribution is 6.13. The minimum absolute atomic E-state index is 0.533. The molecule has 0 atom stereocenters. The Morgan fingerprint density at radius 3 is 1.25 bits per heavy atom. The van der Waals surface area contributed by atoms with E-state index in [0.717, 1.165) is 61.0 Å². The summed E-state index contributed by atoms with van der Waals surface area (Å²) in [6, 6.07) is 65.0. The molecule has 6 nitrogen and oxygen atoms in total. The third-order valence-electron chi connectivity index (χ3n) is 11.3. The Kier molecular flexibility index (Phi) is 6.95. The van der Waals surface area contributed by atoms with Gasteiger partial charge in [0.15, 0.2) is 0 Å². The van der Waals surface area contributed by atoms with Gasteiger partial charge in [-0.1, -0.05) is 66.7 Å². The molecule has 0 aliphatic rings. The zero-order valence-electron chi connectivity index (χ0n) is 30.3. The Balaban J connectivity index is 1.04. The molecule has 0 radical (unpaired) electrons. The summed E-state index contributed by atoms with van der Waals surface area (Å²) in [6.07, 6.45) is 0. The molecule has 8 aromatic carbocycles. The normalized spacial score (nSPS) is 11.5. The Morgan fingerprint density at radius 2 is 0.702 bits per heavy atom. The lowest BCUT2D eigenvalue weighted by Crippen LogP contribution is -1.97. The van der Waals surface area contributed by atoms with Gasteiger partial charge < -0.3 is 13.7 Å². The van der Waals surface area contributed by atoms with Crippen LogP contribution in [0.3, 0.4) is 0 Å². The van der Waals surface area contributed by atoms with Crippen molar-refractivity contribution in [2.24, 2.45) is 0 Å². The van der Waals surface area contributed by atoms with E-state index >= 15 is 0 Å². The Morgan fingerprint density at radius 1 is 0.281 bits per heavy atom. The molecule has 11 rings (SSSR count). The van der Waals surface area contributed by atoms with Crippen LogP contribution in [0.5, 0.6) is 0 Å². The van der Waals surface area contributed by atoms with Crippen LogP contribution < -0.4 is 0 Å². The Bertz CT molecular complexity index is 3490. The molecule has 262 valence electrons. The van der Waals surface area contributed by atoms with E-state index in [4.69, 9.17) is 0 Å².